The third kappa shape index (κ3) is 5.08. The maximum atomic E-state index is 12.3. The van der Waals surface area contributed by atoms with Gasteiger partial charge in [0, 0.05) is 52.2 Å². The Morgan fingerprint density at radius 2 is 2.15 bits per heavy atom. The molecule has 1 aromatic heterocycles. The van der Waals surface area contributed by atoms with Crippen LogP contribution in [-0.4, -0.2) is 58.6 Å². The van der Waals surface area contributed by atoms with Gasteiger partial charge in [0.25, 0.3) is 0 Å². The molecule has 6 nitrogen and oxygen atoms in total. The minimum Gasteiger partial charge on any atom is -0.338 e. The van der Waals surface area contributed by atoms with Gasteiger partial charge in [0.1, 0.15) is 5.82 Å². The van der Waals surface area contributed by atoms with E-state index in [0.29, 0.717) is 12.5 Å². The molecule has 2 aromatic rings. The first-order valence-corrected chi connectivity index (χ1v) is 9.35. The van der Waals surface area contributed by atoms with E-state index in [9.17, 15) is 4.79 Å². The van der Waals surface area contributed by atoms with Crippen LogP contribution >= 0.6 is 0 Å². The molecule has 1 N–H and O–H groups in total. The number of benzene rings is 1. The molecular formula is C20H29N5O. The van der Waals surface area contributed by atoms with Gasteiger partial charge in [-0.25, -0.2) is 9.78 Å². The molecule has 26 heavy (non-hydrogen) atoms. The van der Waals surface area contributed by atoms with Crippen LogP contribution in [0, 0.1) is 12.8 Å². The number of likely N-dealkylation sites (N-methyl/N-ethyl adjacent to an activating group) is 1. The summed E-state index contributed by atoms with van der Waals surface area (Å²) >= 11 is 0. The van der Waals surface area contributed by atoms with Crippen molar-refractivity contribution < 1.29 is 4.79 Å². The van der Waals surface area contributed by atoms with Gasteiger partial charge in [-0.1, -0.05) is 30.3 Å². The maximum absolute atomic E-state index is 12.3. The highest BCUT2D eigenvalue weighted by Gasteiger charge is 2.23. The molecule has 1 aromatic carbocycles. The molecule has 0 aliphatic carbocycles. The van der Waals surface area contributed by atoms with Crippen LogP contribution in [0.4, 0.5) is 4.79 Å². The largest absolute Gasteiger partial charge is 0.338 e. The van der Waals surface area contributed by atoms with Gasteiger partial charge in [-0.15, -0.1) is 0 Å². The zero-order valence-corrected chi connectivity index (χ0v) is 15.8. The van der Waals surface area contributed by atoms with Crippen molar-refractivity contribution >= 4 is 6.03 Å². The van der Waals surface area contributed by atoms with Crippen LogP contribution in [0.25, 0.3) is 0 Å². The SMILES string of the molecule is Cc1nccn1CCN(C)C(=O)NC[C@H]1CCN(Cc2ccccc2)C1. The lowest BCUT2D eigenvalue weighted by Crippen LogP contribution is -2.41. The van der Waals surface area contributed by atoms with Gasteiger partial charge in [-0.3, -0.25) is 4.90 Å². The average Bonchev–Trinajstić information content (AvgIpc) is 3.27. The van der Waals surface area contributed by atoms with Crippen LogP contribution in [-0.2, 0) is 13.1 Å². The van der Waals surface area contributed by atoms with Crippen LogP contribution in [0.5, 0.6) is 0 Å². The molecule has 1 fully saturated rings. The van der Waals surface area contributed by atoms with Crippen molar-refractivity contribution in [1.29, 1.82) is 0 Å². The maximum Gasteiger partial charge on any atom is 0.317 e. The first-order chi connectivity index (χ1) is 12.6. The molecule has 1 aliphatic heterocycles. The second-order valence-electron chi connectivity index (χ2n) is 7.15. The van der Waals surface area contributed by atoms with E-state index < -0.39 is 0 Å². The smallest absolute Gasteiger partial charge is 0.317 e. The molecular weight excluding hydrogens is 326 g/mol. The second-order valence-corrected chi connectivity index (χ2v) is 7.15. The summed E-state index contributed by atoms with van der Waals surface area (Å²) in [5, 5.41) is 3.09. The number of nitrogens with one attached hydrogen (secondary N) is 1. The van der Waals surface area contributed by atoms with Crippen LogP contribution in [0.2, 0.25) is 0 Å². The fraction of sp³-hybridized carbons (Fsp3) is 0.500. The van der Waals surface area contributed by atoms with Crippen LogP contribution < -0.4 is 5.32 Å². The Morgan fingerprint density at radius 1 is 1.35 bits per heavy atom. The molecule has 0 saturated carbocycles. The highest BCUT2D eigenvalue weighted by molar-refractivity contribution is 5.73. The van der Waals surface area contributed by atoms with Gasteiger partial charge in [-0.2, -0.15) is 0 Å². The zero-order valence-electron chi connectivity index (χ0n) is 15.8. The molecule has 3 rings (SSSR count). The number of carbonyl (C=O) groups is 1. The first kappa shape index (κ1) is 18.5. The number of rotatable bonds is 7. The van der Waals surface area contributed by atoms with Crippen molar-refractivity contribution in [2.45, 2.75) is 26.4 Å². The molecule has 2 amide bonds. The Bertz CT molecular complexity index is 699. The van der Waals surface area contributed by atoms with E-state index in [4.69, 9.17) is 0 Å². The van der Waals surface area contributed by atoms with Crippen molar-refractivity contribution in [3.8, 4) is 0 Å². The number of imidazole rings is 1. The number of aryl methyl sites for hydroxylation is 1. The number of aromatic nitrogens is 2. The summed E-state index contributed by atoms with van der Waals surface area (Å²) in [5.74, 6) is 1.51. The van der Waals surface area contributed by atoms with E-state index in [1.807, 2.05) is 20.2 Å². The van der Waals surface area contributed by atoms with E-state index in [1.54, 1.807) is 11.1 Å². The fourth-order valence-electron chi connectivity index (χ4n) is 3.43. The molecule has 1 saturated heterocycles. The predicted octanol–water partition coefficient (Wildman–Crippen LogP) is 2.36. The van der Waals surface area contributed by atoms with E-state index in [0.717, 1.165) is 45.0 Å². The lowest BCUT2D eigenvalue weighted by atomic mass is 10.1. The van der Waals surface area contributed by atoms with E-state index in [2.05, 4.69) is 50.1 Å². The second kappa shape index (κ2) is 8.85. The summed E-state index contributed by atoms with van der Waals surface area (Å²) in [6.07, 6.45) is 4.88. The van der Waals surface area contributed by atoms with Crippen molar-refractivity contribution in [2.75, 3.05) is 33.2 Å². The third-order valence-corrected chi connectivity index (χ3v) is 5.11. The van der Waals surface area contributed by atoms with Gasteiger partial charge in [0.15, 0.2) is 0 Å². The van der Waals surface area contributed by atoms with Crippen molar-refractivity contribution in [3.63, 3.8) is 0 Å². The van der Waals surface area contributed by atoms with Crippen molar-refractivity contribution in [2.24, 2.45) is 5.92 Å². The first-order valence-electron chi connectivity index (χ1n) is 9.35. The topological polar surface area (TPSA) is 53.4 Å². The number of carbonyl (C=O) groups excluding carboxylic acids is 1. The average molecular weight is 355 g/mol. The number of likely N-dealkylation sites (tertiary alicyclic amines) is 1. The third-order valence-electron chi connectivity index (χ3n) is 5.11. The molecule has 0 radical (unpaired) electrons. The number of nitrogens with zero attached hydrogens (tertiary/aromatic N) is 4. The zero-order chi connectivity index (χ0) is 18.4. The summed E-state index contributed by atoms with van der Waals surface area (Å²) in [6.45, 7) is 7.31. The van der Waals surface area contributed by atoms with Crippen LogP contribution in [0.15, 0.2) is 42.7 Å². The number of amides is 2. The summed E-state index contributed by atoms with van der Waals surface area (Å²) in [6, 6.07) is 10.6. The van der Waals surface area contributed by atoms with Crippen LogP contribution in [0.1, 0.15) is 17.8 Å². The Morgan fingerprint density at radius 3 is 2.88 bits per heavy atom. The van der Waals surface area contributed by atoms with Gasteiger partial charge >= 0.3 is 6.03 Å². The highest BCUT2D eigenvalue weighted by Crippen LogP contribution is 2.18. The van der Waals surface area contributed by atoms with E-state index >= 15 is 0 Å². The molecule has 1 atom stereocenters. The molecule has 0 spiro atoms. The fourth-order valence-corrected chi connectivity index (χ4v) is 3.43. The van der Waals surface area contributed by atoms with Crippen molar-refractivity contribution in [1.82, 2.24) is 24.7 Å². The summed E-state index contributed by atoms with van der Waals surface area (Å²) in [5.41, 5.74) is 1.35. The molecule has 0 bridgehead atoms. The summed E-state index contributed by atoms with van der Waals surface area (Å²) in [7, 11) is 1.85. The monoisotopic (exact) mass is 355 g/mol. The number of urea groups is 1. The Balaban J connectivity index is 1.36. The Hall–Kier alpha value is -2.34. The highest BCUT2D eigenvalue weighted by atomic mass is 16.2. The van der Waals surface area contributed by atoms with Crippen LogP contribution in [0.3, 0.4) is 0 Å². The number of hydrogen-bond donors (Lipinski definition) is 1. The lowest BCUT2D eigenvalue weighted by Gasteiger charge is -2.20. The Kier molecular flexibility index (Phi) is 6.28. The minimum atomic E-state index is 0.00396. The normalized spacial score (nSPS) is 17.4. The van der Waals surface area contributed by atoms with E-state index in [-0.39, 0.29) is 6.03 Å². The molecule has 1 aliphatic rings. The van der Waals surface area contributed by atoms with Gasteiger partial charge in [-0.05, 0) is 31.4 Å². The van der Waals surface area contributed by atoms with Gasteiger partial charge in [0.05, 0.1) is 0 Å². The van der Waals surface area contributed by atoms with Crippen molar-refractivity contribution in [3.05, 3.63) is 54.1 Å². The lowest BCUT2D eigenvalue weighted by molar-refractivity contribution is 0.204. The predicted molar refractivity (Wildman–Crippen MR) is 103 cm³/mol. The van der Waals surface area contributed by atoms with E-state index in [1.165, 1.54) is 5.56 Å². The van der Waals surface area contributed by atoms with Gasteiger partial charge < -0.3 is 14.8 Å². The summed E-state index contributed by atoms with van der Waals surface area (Å²) in [4.78, 5) is 20.7. The molecule has 6 heteroatoms. The Labute approximate surface area is 155 Å². The standard InChI is InChI=1S/C20H29N5O/c1-17-21-9-11-25(17)13-12-23(2)20(26)22-14-19-8-10-24(16-19)15-18-6-4-3-5-7-18/h3-7,9,11,19H,8,10,12-16H2,1-2H3,(H,22,26)/t19-/m1/s1. The molecule has 0 unspecified atom stereocenters. The molecule has 140 valence electrons. The van der Waals surface area contributed by atoms with Gasteiger partial charge in [0.2, 0.25) is 0 Å². The number of hydrogen-bond acceptors (Lipinski definition) is 3. The quantitative estimate of drug-likeness (QED) is 0.829. The minimum absolute atomic E-state index is 0.00396. The summed E-state index contributed by atoms with van der Waals surface area (Å²) < 4.78 is 2.06. The molecule has 2 heterocycles.